The minimum Gasteiger partial charge on any atom is -0.394 e. The number of aliphatic hydroxyl groups excluding tert-OH is 3. The number of hydrogen-bond donors (Lipinski definition) is 6. The number of aromatic nitrogens is 4. The number of aliphatic hydroxyl groups is 3. The molecular weight excluding hydrogens is 356 g/mol. The highest BCUT2D eigenvalue weighted by Gasteiger charge is 2.44. The van der Waals surface area contributed by atoms with Crippen LogP contribution in [0.4, 0.5) is 5.82 Å². The van der Waals surface area contributed by atoms with Gasteiger partial charge in [-0.05, 0) is 19.4 Å². The third-order valence-electron chi connectivity index (χ3n) is 4.67. The van der Waals surface area contributed by atoms with Gasteiger partial charge in [-0.15, -0.1) is 0 Å². The summed E-state index contributed by atoms with van der Waals surface area (Å²) in [5.41, 5.74) is 5.55. The number of nitrogens with two attached hydrogens (primary N) is 1. The van der Waals surface area contributed by atoms with Crippen LogP contribution in [0.5, 0.6) is 0 Å². The van der Waals surface area contributed by atoms with Crippen LogP contribution in [0, 0.1) is 0 Å². The lowest BCUT2D eigenvalue weighted by molar-refractivity contribution is -0.0511. The van der Waals surface area contributed by atoms with Gasteiger partial charge in [0.25, 0.3) is 0 Å². The predicted octanol–water partition coefficient (Wildman–Crippen LogP) is -1.34. The lowest BCUT2D eigenvalue weighted by atomic mass is 10.1. The molecule has 27 heavy (non-hydrogen) atoms. The molecule has 1 fully saturated rings. The second kappa shape index (κ2) is 8.76. The molecule has 1 aliphatic heterocycles. The van der Waals surface area contributed by atoms with Gasteiger partial charge in [-0.3, -0.25) is 9.55 Å². The van der Waals surface area contributed by atoms with Gasteiger partial charge in [0.2, 0.25) is 0 Å². The average Bonchev–Trinajstić information content (AvgIpc) is 3.19. The van der Waals surface area contributed by atoms with Crippen molar-refractivity contribution in [1.29, 1.82) is 0 Å². The molecule has 7 N–H and O–H groups in total. The van der Waals surface area contributed by atoms with Crippen molar-refractivity contribution in [3.63, 3.8) is 0 Å². The molecule has 3 rings (SSSR count). The summed E-state index contributed by atoms with van der Waals surface area (Å²) in [5, 5.41) is 32.5. The van der Waals surface area contributed by atoms with Crippen LogP contribution in [-0.4, -0.2) is 72.8 Å². The summed E-state index contributed by atoms with van der Waals surface area (Å²) in [6, 6.07) is 0. The lowest BCUT2D eigenvalue weighted by Crippen LogP contribution is -2.33. The normalized spacial score (nSPS) is 25.3. The van der Waals surface area contributed by atoms with E-state index in [0.717, 1.165) is 25.7 Å². The Bertz CT molecular complexity index is 808. The number of H-pyrrole nitrogens is 1. The Labute approximate surface area is 155 Å². The van der Waals surface area contributed by atoms with Gasteiger partial charge in [0.05, 0.1) is 12.9 Å². The van der Waals surface area contributed by atoms with Crippen molar-refractivity contribution in [2.45, 2.75) is 50.2 Å². The number of anilines is 1. The molecule has 0 bridgehead atoms. The lowest BCUT2D eigenvalue weighted by Gasteiger charge is -2.16. The van der Waals surface area contributed by atoms with Gasteiger partial charge in [0, 0.05) is 6.54 Å². The Morgan fingerprint density at radius 2 is 2.04 bits per heavy atom. The summed E-state index contributed by atoms with van der Waals surface area (Å²) < 4.78 is 6.88. The van der Waals surface area contributed by atoms with Gasteiger partial charge >= 0.3 is 5.69 Å². The van der Waals surface area contributed by atoms with Crippen molar-refractivity contribution < 1.29 is 20.1 Å². The monoisotopic (exact) mass is 382 g/mol. The summed E-state index contributed by atoms with van der Waals surface area (Å²) >= 11 is 0. The van der Waals surface area contributed by atoms with Crippen LogP contribution < -0.4 is 16.7 Å². The SMILES string of the molecule is NCCCCCCNc1[nH]c(=O)nc2c1ncn2[C@@H]1O[C@H](CO)[C@@H](O)[C@H]1O. The zero-order chi connectivity index (χ0) is 19.4. The Kier molecular flexibility index (Phi) is 6.39. The fourth-order valence-electron chi connectivity index (χ4n) is 3.19. The Balaban J connectivity index is 1.78. The quantitative estimate of drug-likeness (QED) is 0.287. The summed E-state index contributed by atoms with van der Waals surface area (Å²) in [6.07, 6.45) is 0.936. The molecule has 1 saturated heterocycles. The molecule has 3 heterocycles. The van der Waals surface area contributed by atoms with Crippen LogP contribution in [0.25, 0.3) is 11.2 Å². The molecule has 2 aromatic heterocycles. The molecule has 2 aromatic rings. The van der Waals surface area contributed by atoms with E-state index >= 15 is 0 Å². The van der Waals surface area contributed by atoms with E-state index < -0.39 is 36.8 Å². The molecule has 11 heteroatoms. The molecular formula is C16H26N6O5. The standard InChI is InChI=1S/C16H26N6O5/c17-5-3-1-2-4-6-18-13-10-14(21-16(26)20-13)22(8-19-10)15-12(25)11(24)9(7-23)27-15/h8-9,11-12,15,23-25H,1-7,17H2,(H2,18,20,21,26)/t9-,11-,12-,15-/m1/s1. The number of ether oxygens (including phenoxy) is 1. The number of fused-ring (bicyclic) bond motifs is 1. The van der Waals surface area contributed by atoms with Crippen molar-refractivity contribution in [3.05, 3.63) is 16.8 Å². The smallest absolute Gasteiger partial charge is 0.348 e. The molecule has 0 saturated carbocycles. The number of nitrogens with one attached hydrogen (secondary N) is 2. The third kappa shape index (κ3) is 4.12. The number of unbranched alkanes of at least 4 members (excludes halogenated alkanes) is 3. The second-order valence-corrected chi connectivity index (χ2v) is 6.60. The molecule has 4 atom stereocenters. The molecule has 11 nitrogen and oxygen atoms in total. The fourth-order valence-corrected chi connectivity index (χ4v) is 3.19. The van der Waals surface area contributed by atoms with Gasteiger partial charge in [0.15, 0.2) is 11.9 Å². The molecule has 0 amide bonds. The van der Waals surface area contributed by atoms with Crippen molar-refractivity contribution in [2.75, 3.05) is 25.0 Å². The van der Waals surface area contributed by atoms with Gasteiger partial charge in [-0.2, -0.15) is 4.98 Å². The number of hydrogen-bond acceptors (Lipinski definition) is 9. The van der Waals surface area contributed by atoms with Gasteiger partial charge in [-0.1, -0.05) is 12.8 Å². The summed E-state index contributed by atoms with van der Waals surface area (Å²) in [4.78, 5) is 22.8. The summed E-state index contributed by atoms with van der Waals surface area (Å²) in [7, 11) is 0. The van der Waals surface area contributed by atoms with E-state index in [1.165, 1.54) is 10.9 Å². The topological polar surface area (TPSA) is 172 Å². The highest BCUT2D eigenvalue weighted by molar-refractivity contribution is 5.82. The first-order chi connectivity index (χ1) is 13.1. The Hall–Kier alpha value is -2.05. The van der Waals surface area contributed by atoms with Gasteiger partial charge in [0.1, 0.15) is 29.6 Å². The molecule has 150 valence electrons. The van der Waals surface area contributed by atoms with Crippen molar-refractivity contribution in [1.82, 2.24) is 19.5 Å². The molecule has 1 aliphatic rings. The molecule has 0 aliphatic carbocycles. The van der Waals surface area contributed by atoms with E-state index in [4.69, 9.17) is 10.5 Å². The van der Waals surface area contributed by atoms with Crippen LogP contribution in [0.1, 0.15) is 31.9 Å². The summed E-state index contributed by atoms with van der Waals surface area (Å²) in [5.74, 6) is 0.439. The fraction of sp³-hybridized carbons (Fsp3) is 0.688. The highest BCUT2D eigenvalue weighted by Crippen LogP contribution is 2.31. The van der Waals surface area contributed by atoms with Crippen LogP contribution >= 0.6 is 0 Å². The summed E-state index contributed by atoms with van der Waals surface area (Å²) in [6.45, 7) is 0.900. The number of aromatic amines is 1. The Morgan fingerprint density at radius 3 is 2.74 bits per heavy atom. The van der Waals surface area contributed by atoms with E-state index in [0.29, 0.717) is 24.4 Å². The zero-order valence-electron chi connectivity index (χ0n) is 14.9. The van der Waals surface area contributed by atoms with Crippen molar-refractivity contribution in [3.8, 4) is 0 Å². The maximum absolute atomic E-state index is 12.0. The largest absolute Gasteiger partial charge is 0.394 e. The van der Waals surface area contributed by atoms with Crippen LogP contribution in [-0.2, 0) is 4.74 Å². The maximum atomic E-state index is 12.0. The predicted molar refractivity (Wildman–Crippen MR) is 97.2 cm³/mol. The van der Waals surface area contributed by atoms with E-state index in [2.05, 4.69) is 20.3 Å². The van der Waals surface area contributed by atoms with Crippen molar-refractivity contribution >= 4 is 17.0 Å². The van der Waals surface area contributed by atoms with E-state index in [1.807, 2.05) is 0 Å². The zero-order valence-corrected chi connectivity index (χ0v) is 14.9. The minimum absolute atomic E-state index is 0.222. The molecule has 0 unspecified atom stereocenters. The first kappa shape index (κ1) is 19.7. The molecule has 0 spiro atoms. The van der Waals surface area contributed by atoms with Crippen LogP contribution in [0.15, 0.2) is 11.1 Å². The van der Waals surface area contributed by atoms with E-state index in [1.54, 1.807) is 0 Å². The number of imidazole rings is 1. The van der Waals surface area contributed by atoms with E-state index in [9.17, 15) is 20.1 Å². The maximum Gasteiger partial charge on any atom is 0.348 e. The number of nitrogens with zero attached hydrogens (tertiary/aromatic N) is 3. The molecule has 0 radical (unpaired) electrons. The highest BCUT2D eigenvalue weighted by atomic mass is 16.6. The van der Waals surface area contributed by atoms with Gasteiger partial charge in [-0.25, -0.2) is 9.78 Å². The Morgan fingerprint density at radius 1 is 1.26 bits per heavy atom. The third-order valence-corrected chi connectivity index (χ3v) is 4.67. The number of rotatable bonds is 9. The first-order valence-corrected chi connectivity index (χ1v) is 9.10. The van der Waals surface area contributed by atoms with Crippen molar-refractivity contribution in [2.24, 2.45) is 5.73 Å². The first-order valence-electron chi connectivity index (χ1n) is 9.10. The van der Waals surface area contributed by atoms with E-state index in [-0.39, 0.29) is 5.65 Å². The minimum atomic E-state index is -1.28. The van der Waals surface area contributed by atoms with Crippen LogP contribution in [0.2, 0.25) is 0 Å². The van der Waals surface area contributed by atoms with Crippen LogP contribution in [0.3, 0.4) is 0 Å². The second-order valence-electron chi connectivity index (χ2n) is 6.60. The molecule has 0 aromatic carbocycles. The average molecular weight is 382 g/mol. The van der Waals surface area contributed by atoms with Gasteiger partial charge < -0.3 is 31.1 Å².